The Morgan fingerprint density at radius 2 is 1.76 bits per heavy atom. The summed E-state index contributed by atoms with van der Waals surface area (Å²) in [5.41, 5.74) is 2.20. The van der Waals surface area contributed by atoms with E-state index in [1.54, 1.807) is 31.7 Å². The SMILES string of the molecule is CCCS(=O)(=O)Nc1ccc(F)c(-n2cc(-c3cncnc3)c3c(CC)c(N4CCN(CC5CC5)CC4)ncc32)c1F. The van der Waals surface area contributed by atoms with Gasteiger partial charge < -0.3 is 9.47 Å². The third-order valence-electron chi connectivity index (χ3n) is 8.08. The summed E-state index contributed by atoms with van der Waals surface area (Å²) in [5.74, 6) is -0.294. The molecule has 4 aromatic rings. The first kappa shape index (κ1) is 28.5. The standard InChI is InChI=1S/C30H35F2N7O2S/c1-3-13-42(40,41)36-25-8-7-24(31)29(28(25)32)39-18-23(21-14-33-19-34-15-21)27-22(4-2)30(35-16-26(27)39)38-11-9-37(10-12-38)17-20-5-6-20/h7-8,14-16,18-20,36H,3-6,9-13,17H2,1-2H3. The van der Waals surface area contributed by atoms with Crippen LogP contribution in [0.2, 0.25) is 0 Å². The van der Waals surface area contributed by atoms with Crippen LogP contribution < -0.4 is 9.62 Å². The van der Waals surface area contributed by atoms with Crippen molar-refractivity contribution < 1.29 is 17.2 Å². The molecule has 1 N–H and O–H groups in total. The number of benzene rings is 1. The summed E-state index contributed by atoms with van der Waals surface area (Å²) in [4.78, 5) is 18.0. The van der Waals surface area contributed by atoms with Gasteiger partial charge in [-0.1, -0.05) is 13.8 Å². The summed E-state index contributed by atoms with van der Waals surface area (Å²) >= 11 is 0. The second-order valence-electron chi connectivity index (χ2n) is 11.1. The van der Waals surface area contributed by atoms with Crippen LogP contribution in [0, 0.1) is 17.6 Å². The quantitative estimate of drug-likeness (QED) is 0.276. The Kier molecular flexibility index (Phi) is 7.84. The molecule has 1 aliphatic heterocycles. The second kappa shape index (κ2) is 11.6. The zero-order valence-corrected chi connectivity index (χ0v) is 24.7. The van der Waals surface area contributed by atoms with Crippen molar-refractivity contribution >= 4 is 32.4 Å². The molecule has 42 heavy (non-hydrogen) atoms. The summed E-state index contributed by atoms with van der Waals surface area (Å²) in [6.45, 7) is 8.57. The fourth-order valence-corrected chi connectivity index (χ4v) is 6.99. The van der Waals surface area contributed by atoms with Gasteiger partial charge in [0.2, 0.25) is 10.0 Å². The molecule has 3 aromatic heterocycles. The fraction of sp³-hybridized carbons (Fsp3) is 0.433. The molecular weight excluding hydrogens is 560 g/mol. The van der Waals surface area contributed by atoms with Gasteiger partial charge in [-0.05, 0) is 43.7 Å². The molecule has 0 radical (unpaired) electrons. The van der Waals surface area contributed by atoms with E-state index in [1.807, 2.05) is 0 Å². The van der Waals surface area contributed by atoms with Gasteiger partial charge in [-0.3, -0.25) is 9.62 Å². The Labute approximate surface area is 244 Å². The van der Waals surface area contributed by atoms with Gasteiger partial charge in [-0.15, -0.1) is 0 Å². The van der Waals surface area contributed by atoms with E-state index in [0.29, 0.717) is 29.5 Å². The average molecular weight is 596 g/mol. The smallest absolute Gasteiger partial charge is 0.232 e. The number of hydrogen-bond donors (Lipinski definition) is 1. The van der Waals surface area contributed by atoms with Crippen molar-refractivity contribution in [3.05, 3.63) is 60.4 Å². The van der Waals surface area contributed by atoms with E-state index < -0.39 is 21.7 Å². The third kappa shape index (κ3) is 5.57. The van der Waals surface area contributed by atoms with Crippen LogP contribution in [-0.4, -0.2) is 71.3 Å². The van der Waals surface area contributed by atoms with Crippen LogP contribution in [-0.2, 0) is 16.4 Å². The Bertz CT molecular complexity index is 1700. The molecule has 1 saturated heterocycles. The van der Waals surface area contributed by atoms with Crippen molar-refractivity contribution in [3.63, 3.8) is 0 Å². The van der Waals surface area contributed by atoms with E-state index >= 15 is 8.78 Å². The minimum atomic E-state index is -3.79. The molecule has 1 saturated carbocycles. The largest absolute Gasteiger partial charge is 0.354 e. The number of fused-ring (bicyclic) bond motifs is 1. The number of halogens is 2. The average Bonchev–Trinajstić information content (AvgIpc) is 3.72. The van der Waals surface area contributed by atoms with Gasteiger partial charge in [0.1, 0.15) is 23.6 Å². The number of hydrogen-bond acceptors (Lipinski definition) is 7. The Morgan fingerprint density at radius 3 is 2.43 bits per heavy atom. The number of sulfonamides is 1. The molecule has 0 amide bonds. The summed E-state index contributed by atoms with van der Waals surface area (Å²) in [5, 5.41) is 0.813. The molecule has 222 valence electrons. The van der Waals surface area contributed by atoms with Gasteiger partial charge in [0, 0.05) is 73.4 Å². The lowest BCUT2D eigenvalue weighted by atomic mass is 10.0. The predicted octanol–water partition coefficient (Wildman–Crippen LogP) is 5.01. The van der Waals surface area contributed by atoms with Gasteiger partial charge in [-0.25, -0.2) is 32.2 Å². The zero-order chi connectivity index (χ0) is 29.4. The maximum atomic E-state index is 16.0. The number of anilines is 2. The van der Waals surface area contributed by atoms with Gasteiger partial charge in [0.15, 0.2) is 5.82 Å². The van der Waals surface area contributed by atoms with E-state index in [4.69, 9.17) is 4.98 Å². The van der Waals surface area contributed by atoms with Crippen LogP contribution in [0.15, 0.2) is 43.2 Å². The highest BCUT2D eigenvalue weighted by molar-refractivity contribution is 7.92. The monoisotopic (exact) mass is 595 g/mol. The number of rotatable bonds is 10. The highest BCUT2D eigenvalue weighted by atomic mass is 32.2. The summed E-state index contributed by atoms with van der Waals surface area (Å²) < 4.78 is 59.9. The molecule has 12 heteroatoms. The van der Waals surface area contributed by atoms with Crippen LogP contribution in [0.5, 0.6) is 0 Å². The van der Waals surface area contributed by atoms with Gasteiger partial charge in [-0.2, -0.15) is 0 Å². The Hall–Kier alpha value is -3.64. The Morgan fingerprint density at radius 1 is 1.02 bits per heavy atom. The van der Waals surface area contributed by atoms with Crippen LogP contribution >= 0.6 is 0 Å². The predicted molar refractivity (Wildman–Crippen MR) is 160 cm³/mol. The molecule has 6 rings (SSSR count). The molecule has 4 heterocycles. The lowest BCUT2D eigenvalue weighted by molar-refractivity contribution is 0.247. The van der Waals surface area contributed by atoms with E-state index in [9.17, 15) is 8.42 Å². The third-order valence-corrected chi connectivity index (χ3v) is 9.56. The number of nitrogens with one attached hydrogen (secondary N) is 1. The van der Waals surface area contributed by atoms with Gasteiger partial charge in [0.05, 0.1) is 23.2 Å². The maximum absolute atomic E-state index is 16.0. The molecule has 0 bridgehead atoms. The van der Waals surface area contributed by atoms with E-state index in [1.165, 1.54) is 23.7 Å². The molecular formula is C30H35F2N7O2S. The van der Waals surface area contributed by atoms with E-state index in [-0.39, 0.29) is 17.1 Å². The second-order valence-corrected chi connectivity index (χ2v) is 13.0. The van der Waals surface area contributed by atoms with Gasteiger partial charge >= 0.3 is 0 Å². The topological polar surface area (TPSA) is 96.2 Å². The van der Waals surface area contributed by atoms with E-state index in [0.717, 1.165) is 67.5 Å². The van der Waals surface area contributed by atoms with Crippen molar-refractivity contribution in [2.75, 3.05) is 48.1 Å². The maximum Gasteiger partial charge on any atom is 0.232 e. The Balaban J connectivity index is 1.48. The fourth-order valence-electron chi connectivity index (χ4n) is 5.86. The number of aryl methyl sites for hydroxylation is 1. The normalized spacial score (nSPS) is 16.3. The van der Waals surface area contributed by atoms with Crippen molar-refractivity contribution in [1.82, 2.24) is 24.4 Å². The number of nitrogens with zero attached hydrogens (tertiary/aromatic N) is 6. The number of aromatic nitrogens is 4. The van der Waals surface area contributed by atoms with Crippen LogP contribution in [0.1, 0.15) is 38.7 Å². The summed E-state index contributed by atoms with van der Waals surface area (Å²) in [6.07, 6.45) is 11.8. The highest BCUT2D eigenvalue weighted by Gasteiger charge is 2.29. The molecule has 9 nitrogen and oxygen atoms in total. The minimum Gasteiger partial charge on any atom is -0.354 e. The summed E-state index contributed by atoms with van der Waals surface area (Å²) in [6, 6.07) is 2.18. The first-order valence-electron chi connectivity index (χ1n) is 14.5. The molecule has 2 fully saturated rings. The highest BCUT2D eigenvalue weighted by Crippen LogP contribution is 2.40. The molecule has 0 unspecified atom stereocenters. The molecule has 0 atom stereocenters. The lowest BCUT2D eigenvalue weighted by Crippen LogP contribution is -2.47. The van der Waals surface area contributed by atoms with Crippen molar-refractivity contribution in [2.24, 2.45) is 5.92 Å². The first-order valence-corrected chi connectivity index (χ1v) is 16.2. The number of piperazine rings is 1. The van der Waals surface area contributed by atoms with Crippen LogP contribution in [0.3, 0.4) is 0 Å². The van der Waals surface area contributed by atoms with E-state index in [2.05, 4.69) is 31.4 Å². The molecule has 2 aliphatic rings. The molecule has 1 aliphatic carbocycles. The zero-order valence-electron chi connectivity index (χ0n) is 23.9. The van der Waals surface area contributed by atoms with Crippen molar-refractivity contribution in [3.8, 4) is 16.8 Å². The van der Waals surface area contributed by atoms with Crippen LogP contribution in [0.25, 0.3) is 27.7 Å². The summed E-state index contributed by atoms with van der Waals surface area (Å²) in [7, 11) is -3.79. The van der Waals surface area contributed by atoms with Crippen molar-refractivity contribution in [1.29, 1.82) is 0 Å². The number of pyridine rings is 1. The lowest BCUT2D eigenvalue weighted by Gasteiger charge is -2.36. The molecule has 0 spiro atoms. The first-order chi connectivity index (χ1) is 20.3. The molecule has 1 aromatic carbocycles. The van der Waals surface area contributed by atoms with Gasteiger partial charge in [0.25, 0.3) is 0 Å². The minimum absolute atomic E-state index is 0.175. The van der Waals surface area contributed by atoms with Crippen molar-refractivity contribution in [2.45, 2.75) is 39.5 Å². The van der Waals surface area contributed by atoms with Crippen LogP contribution in [0.4, 0.5) is 20.3 Å².